The van der Waals surface area contributed by atoms with Gasteiger partial charge in [0.15, 0.2) is 5.96 Å². The van der Waals surface area contributed by atoms with Gasteiger partial charge in [-0.25, -0.2) is 4.99 Å². The molecule has 2 aliphatic rings. The number of fused-ring (bicyclic) bond motifs is 1. The number of hydrogen-bond donors (Lipinski definition) is 2. The Morgan fingerprint density at radius 1 is 1.22 bits per heavy atom. The van der Waals surface area contributed by atoms with Gasteiger partial charge in [0.25, 0.3) is 0 Å². The van der Waals surface area contributed by atoms with Crippen LogP contribution >= 0.6 is 0 Å². The first-order valence-corrected chi connectivity index (χ1v) is 7.05. The monoisotopic (exact) mass is 243 g/mol. The molecular formula is C15H21N3. The number of aliphatic imine (C=N–C) groups is 1. The van der Waals surface area contributed by atoms with Crippen LogP contribution < -0.4 is 10.6 Å². The van der Waals surface area contributed by atoms with Crippen molar-refractivity contribution in [3.8, 4) is 0 Å². The van der Waals surface area contributed by atoms with E-state index in [0.29, 0.717) is 0 Å². The molecule has 2 N–H and O–H groups in total. The van der Waals surface area contributed by atoms with Crippen molar-refractivity contribution in [2.45, 2.75) is 38.6 Å². The Morgan fingerprint density at radius 3 is 2.94 bits per heavy atom. The number of hydrogen-bond acceptors (Lipinski definition) is 3. The fourth-order valence-corrected chi connectivity index (χ4v) is 2.91. The number of nitrogens with zero attached hydrogens (tertiary/aromatic N) is 1. The van der Waals surface area contributed by atoms with Gasteiger partial charge in [-0.1, -0.05) is 43.9 Å². The molecule has 3 rings (SSSR count). The lowest BCUT2D eigenvalue weighted by atomic mass is 10.0. The zero-order valence-electron chi connectivity index (χ0n) is 10.8. The largest absolute Gasteiger partial charge is 0.356 e. The molecule has 1 aliphatic carbocycles. The van der Waals surface area contributed by atoms with Crippen molar-refractivity contribution >= 4 is 11.6 Å². The van der Waals surface area contributed by atoms with E-state index in [9.17, 15) is 0 Å². The van der Waals surface area contributed by atoms with E-state index >= 15 is 0 Å². The minimum atomic E-state index is 0.787. The molecule has 0 aromatic heterocycles. The quantitative estimate of drug-likeness (QED) is 0.855. The van der Waals surface area contributed by atoms with Gasteiger partial charge in [0.2, 0.25) is 0 Å². The molecule has 1 heterocycles. The standard InChI is InChI=1S/C15H21N3/c1-2-6-12(5-1)9-10-16-15-17-11-13-7-3-4-8-14(13)18-15/h3-4,7-8,12H,1-2,5-6,9-11H2,(H2,16,17,18). The number of anilines is 1. The van der Waals surface area contributed by atoms with E-state index in [1.54, 1.807) is 0 Å². The average Bonchev–Trinajstić information content (AvgIpc) is 2.92. The molecule has 0 bridgehead atoms. The van der Waals surface area contributed by atoms with E-state index in [-0.39, 0.29) is 0 Å². The first kappa shape index (κ1) is 11.6. The molecular weight excluding hydrogens is 222 g/mol. The molecule has 1 aliphatic heterocycles. The topological polar surface area (TPSA) is 36.4 Å². The number of nitrogens with one attached hydrogen (secondary N) is 2. The highest BCUT2D eigenvalue weighted by atomic mass is 15.2. The normalized spacial score (nSPS) is 19.0. The zero-order chi connectivity index (χ0) is 12.2. The number of guanidine groups is 1. The van der Waals surface area contributed by atoms with Crippen molar-refractivity contribution in [2.75, 3.05) is 11.9 Å². The van der Waals surface area contributed by atoms with E-state index in [0.717, 1.165) is 25.0 Å². The van der Waals surface area contributed by atoms with Crippen LogP contribution in [0.2, 0.25) is 0 Å². The van der Waals surface area contributed by atoms with Crippen LogP contribution in [-0.2, 0) is 6.54 Å². The minimum absolute atomic E-state index is 0.787. The summed E-state index contributed by atoms with van der Waals surface area (Å²) in [5.41, 5.74) is 2.47. The highest BCUT2D eigenvalue weighted by Crippen LogP contribution is 2.27. The molecule has 0 atom stereocenters. The summed E-state index contributed by atoms with van der Waals surface area (Å²) in [7, 11) is 0. The van der Waals surface area contributed by atoms with Crippen LogP contribution in [0.25, 0.3) is 0 Å². The molecule has 0 radical (unpaired) electrons. The summed E-state index contributed by atoms with van der Waals surface area (Å²) in [6, 6.07) is 8.37. The van der Waals surface area contributed by atoms with Gasteiger partial charge in [0.1, 0.15) is 0 Å². The molecule has 18 heavy (non-hydrogen) atoms. The van der Waals surface area contributed by atoms with Crippen LogP contribution in [-0.4, -0.2) is 12.5 Å². The smallest absolute Gasteiger partial charge is 0.196 e. The van der Waals surface area contributed by atoms with Gasteiger partial charge >= 0.3 is 0 Å². The van der Waals surface area contributed by atoms with E-state index in [2.05, 4.69) is 39.9 Å². The Hall–Kier alpha value is -1.51. The molecule has 3 heteroatoms. The Labute approximate surface area is 109 Å². The summed E-state index contributed by atoms with van der Waals surface area (Å²) < 4.78 is 0. The summed E-state index contributed by atoms with van der Waals surface area (Å²) in [5, 5.41) is 6.79. The minimum Gasteiger partial charge on any atom is -0.356 e. The molecule has 96 valence electrons. The van der Waals surface area contributed by atoms with Crippen molar-refractivity contribution in [1.29, 1.82) is 0 Å². The second-order valence-electron chi connectivity index (χ2n) is 5.31. The molecule has 0 unspecified atom stereocenters. The molecule has 1 saturated carbocycles. The number of rotatable bonds is 3. The first-order valence-electron chi connectivity index (χ1n) is 7.05. The van der Waals surface area contributed by atoms with Crippen molar-refractivity contribution in [1.82, 2.24) is 5.32 Å². The second kappa shape index (κ2) is 5.42. The molecule has 0 spiro atoms. The fraction of sp³-hybridized carbons (Fsp3) is 0.533. The van der Waals surface area contributed by atoms with Crippen molar-refractivity contribution in [3.63, 3.8) is 0 Å². The molecule has 3 nitrogen and oxygen atoms in total. The van der Waals surface area contributed by atoms with Gasteiger partial charge < -0.3 is 10.6 Å². The van der Waals surface area contributed by atoms with Gasteiger partial charge in [0, 0.05) is 12.2 Å². The summed E-state index contributed by atoms with van der Waals surface area (Å²) in [4.78, 5) is 4.53. The third kappa shape index (κ3) is 2.66. The molecule has 0 saturated heterocycles. The zero-order valence-corrected chi connectivity index (χ0v) is 10.8. The Morgan fingerprint density at radius 2 is 2.06 bits per heavy atom. The van der Waals surface area contributed by atoms with E-state index in [1.807, 2.05) is 0 Å². The van der Waals surface area contributed by atoms with Gasteiger partial charge in [-0.3, -0.25) is 0 Å². The second-order valence-corrected chi connectivity index (χ2v) is 5.31. The Kier molecular flexibility index (Phi) is 3.49. The van der Waals surface area contributed by atoms with Crippen molar-refractivity contribution < 1.29 is 0 Å². The van der Waals surface area contributed by atoms with E-state index in [1.165, 1.54) is 43.4 Å². The number of benzene rings is 1. The van der Waals surface area contributed by atoms with Gasteiger partial charge in [-0.15, -0.1) is 0 Å². The first-order chi connectivity index (χ1) is 8.92. The fourth-order valence-electron chi connectivity index (χ4n) is 2.91. The van der Waals surface area contributed by atoms with E-state index < -0.39 is 0 Å². The predicted molar refractivity (Wildman–Crippen MR) is 75.8 cm³/mol. The maximum atomic E-state index is 4.53. The van der Waals surface area contributed by atoms with Crippen LogP contribution in [0.5, 0.6) is 0 Å². The van der Waals surface area contributed by atoms with Gasteiger partial charge in [-0.05, 0) is 24.0 Å². The maximum absolute atomic E-state index is 4.53. The highest BCUT2D eigenvalue weighted by Gasteiger charge is 2.15. The third-order valence-electron chi connectivity index (χ3n) is 4.00. The predicted octanol–water partition coefficient (Wildman–Crippen LogP) is 3.14. The molecule has 0 amide bonds. The molecule has 1 aromatic carbocycles. The van der Waals surface area contributed by atoms with E-state index in [4.69, 9.17) is 0 Å². The third-order valence-corrected chi connectivity index (χ3v) is 4.00. The summed E-state index contributed by atoms with van der Waals surface area (Å²) in [6.07, 6.45) is 6.98. The van der Waals surface area contributed by atoms with Crippen molar-refractivity contribution in [2.24, 2.45) is 10.9 Å². The Bertz CT molecular complexity index is 433. The SMILES string of the molecule is c1ccc2c(c1)CN=C(NCCC1CCCC1)N2. The van der Waals surface area contributed by atoms with Crippen LogP contribution in [0.1, 0.15) is 37.7 Å². The Balaban J connectivity index is 1.48. The lowest BCUT2D eigenvalue weighted by Gasteiger charge is -2.19. The van der Waals surface area contributed by atoms with Crippen LogP contribution in [0.3, 0.4) is 0 Å². The van der Waals surface area contributed by atoms with Gasteiger partial charge in [0.05, 0.1) is 6.54 Å². The number of para-hydroxylation sites is 1. The summed E-state index contributed by atoms with van der Waals surface area (Å²) >= 11 is 0. The summed E-state index contributed by atoms with van der Waals surface area (Å²) in [5.74, 6) is 1.88. The lowest BCUT2D eigenvalue weighted by Crippen LogP contribution is -2.34. The van der Waals surface area contributed by atoms with Crippen LogP contribution in [0.15, 0.2) is 29.3 Å². The molecule has 1 fully saturated rings. The maximum Gasteiger partial charge on any atom is 0.196 e. The van der Waals surface area contributed by atoms with Crippen LogP contribution in [0.4, 0.5) is 5.69 Å². The summed E-state index contributed by atoms with van der Waals surface area (Å²) in [6.45, 7) is 1.83. The molecule has 1 aromatic rings. The van der Waals surface area contributed by atoms with Crippen molar-refractivity contribution in [3.05, 3.63) is 29.8 Å². The van der Waals surface area contributed by atoms with Gasteiger partial charge in [-0.2, -0.15) is 0 Å². The van der Waals surface area contributed by atoms with Crippen LogP contribution in [0, 0.1) is 5.92 Å². The average molecular weight is 243 g/mol. The highest BCUT2D eigenvalue weighted by molar-refractivity contribution is 5.95. The lowest BCUT2D eigenvalue weighted by molar-refractivity contribution is 0.500.